The Labute approximate surface area is 95.6 Å². The molecule has 0 spiro atoms. The number of fused-ring (bicyclic) bond motifs is 3. The fraction of sp³-hybridized carbons (Fsp3) is 0.273. The molecule has 0 aliphatic carbocycles. The molecule has 0 saturated heterocycles. The summed E-state index contributed by atoms with van der Waals surface area (Å²) >= 11 is 3.47. The van der Waals surface area contributed by atoms with E-state index in [1.807, 2.05) is 6.07 Å². The number of halogens is 1. The molecule has 3 N–H and O–H groups in total. The van der Waals surface area contributed by atoms with E-state index in [-0.39, 0.29) is 0 Å². The SMILES string of the molecule is OC1Cc2c([nH]c3ccc(Br)cc23)CN1. The highest BCUT2D eigenvalue weighted by Gasteiger charge is 2.19. The topological polar surface area (TPSA) is 48.0 Å². The van der Waals surface area contributed by atoms with Crippen molar-refractivity contribution >= 4 is 26.8 Å². The lowest BCUT2D eigenvalue weighted by Crippen LogP contribution is -2.34. The second kappa shape index (κ2) is 3.33. The number of rotatable bonds is 0. The van der Waals surface area contributed by atoms with Crippen LogP contribution in [0.4, 0.5) is 0 Å². The lowest BCUT2D eigenvalue weighted by Gasteiger charge is -2.19. The quantitative estimate of drug-likeness (QED) is 0.682. The predicted molar refractivity (Wildman–Crippen MR) is 62.5 cm³/mol. The van der Waals surface area contributed by atoms with Gasteiger partial charge in [0.2, 0.25) is 0 Å². The summed E-state index contributed by atoms with van der Waals surface area (Å²) in [5.74, 6) is 0. The Morgan fingerprint density at radius 2 is 2.27 bits per heavy atom. The van der Waals surface area contributed by atoms with Gasteiger partial charge < -0.3 is 10.1 Å². The van der Waals surface area contributed by atoms with Gasteiger partial charge in [0.05, 0.1) is 0 Å². The van der Waals surface area contributed by atoms with Crippen molar-refractivity contribution in [2.24, 2.45) is 0 Å². The highest BCUT2D eigenvalue weighted by atomic mass is 79.9. The van der Waals surface area contributed by atoms with Crippen molar-refractivity contribution in [2.75, 3.05) is 0 Å². The molecule has 15 heavy (non-hydrogen) atoms. The Hall–Kier alpha value is -0.840. The number of aromatic amines is 1. The van der Waals surface area contributed by atoms with Crippen molar-refractivity contribution in [1.29, 1.82) is 0 Å². The standard InChI is InChI=1S/C11H11BrN2O/c12-6-1-2-9-7(3-6)8-4-11(15)13-5-10(8)14-9/h1-3,11,13-15H,4-5H2. The van der Waals surface area contributed by atoms with Crippen LogP contribution in [0.1, 0.15) is 11.3 Å². The fourth-order valence-electron chi connectivity index (χ4n) is 2.15. The fourth-order valence-corrected chi connectivity index (χ4v) is 2.51. The highest BCUT2D eigenvalue weighted by Crippen LogP contribution is 2.28. The summed E-state index contributed by atoms with van der Waals surface area (Å²) in [5.41, 5.74) is 3.56. The van der Waals surface area contributed by atoms with Gasteiger partial charge in [-0.1, -0.05) is 15.9 Å². The molecule has 0 fully saturated rings. The molecule has 1 aliphatic heterocycles. The monoisotopic (exact) mass is 266 g/mol. The molecule has 4 heteroatoms. The molecule has 1 aromatic carbocycles. The Bertz CT molecular complexity index is 521. The largest absolute Gasteiger partial charge is 0.378 e. The Kier molecular flexibility index (Phi) is 2.09. The van der Waals surface area contributed by atoms with E-state index in [1.165, 1.54) is 16.6 Å². The second-order valence-corrected chi connectivity index (χ2v) is 4.79. The third-order valence-electron chi connectivity index (χ3n) is 2.87. The summed E-state index contributed by atoms with van der Waals surface area (Å²) in [4.78, 5) is 3.37. The molecular weight excluding hydrogens is 256 g/mol. The summed E-state index contributed by atoms with van der Waals surface area (Å²) in [6.45, 7) is 0.711. The molecule has 1 aliphatic rings. The molecule has 1 unspecified atom stereocenters. The van der Waals surface area contributed by atoms with Gasteiger partial charge in [-0.25, -0.2) is 0 Å². The summed E-state index contributed by atoms with van der Waals surface area (Å²) < 4.78 is 1.07. The summed E-state index contributed by atoms with van der Waals surface area (Å²) in [7, 11) is 0. The number of hydrogen-bond acceptors (Lipinski definition) is 2. The molecule has 2 heterocycles. The van der Waals surface area contributed by atoms with Crippen LogP contribution in [-0.2, 0) is 13.0 Å². The first kappa shape index (κ1) is 9.39. The number of aliphatic hydroxyl groups is 1. The Balaban J connectivity index is 2.25. The van der Waals surface area contributed by atoms with Crippen LogP contribution in [0.25, 0.3) is 10.9 Å². The lowest BCUT2D eigenvalue weighted by molar-refractivity contribution is 0.128. The minimum Gasteiger partial charge on any atom is -0.378 e. The molecule has 2 aromatic rings. The number of aliphatic hydroxyl groups excluding tert-OH is 1. The van der Waals surface area contributed by atoms with Gasteiger partial charge in [-0.05, 0) is 23.8 Å². The molecule has 0 saturated carbocycles. The van der Waals surface area contributed by atoms with Crippen molar-refractivity contribution < 1.29 is 5.11 Å². The molecule has 1 aromatic heterocycles. The van der Waals surface area contributed by atoms with Crippen molar-refractivity contribution in [2.45, 2.75) is 19.2 Å². The third kappa shape index (κ3) is 1.49. The lowest BCUT2D eigenvalue weighted by atomic mass is 10.0. The van der Waals surface area contributed by atoms with Crippen molar-refractivity contribution in [3.8, 4) is 0 Å². The zero-order valence-corrected chi connectivity index (χ0v) is 9.63. The van der Waals surface area contributed by atoms with Crippen molar-refractivity contribution in [3.05, 3.63) is 33.9 Å². The summed E-state index contributed by atoms with van der Waals surface area (Å²) in [5, 5.41) is 13.8. The molecule has 78 valence electrons. The van der Waals surface area contributed by atoms with Gasteiger partial charge in [0.15, 0.2) is 0 Å². The predicted octanol–water partition coefficient (Wildman–Crippen LogP) is 1.89. The van der Waals surface area contributed by atoms with Crippen LogP contribution in [0, 0.1) is 0 Å². The van der Waals surface area contributed by atoms with Crippen LogP contribution in [0.2, 0.25) is 0 Å². The second-order valence-electron chi connectivity index (χ2n) is 3.87. The van der Waals surface area contributed by atoms with Crippen LogP contribution in [0.5, 0.6) is 0 Å². The van der Waals surface area contributed by atoms with Crippen LogP contribution < -0.4 is 5.32 Å². The van der Waals surface area contributed by atoms with Gasteiger partial charge in [0, 0.05) is 34.0 Å². The van der Waals surface area contributed by atoms with E-state index in [0.29, 0.717) is 13.0 Å². The Morgan fingerprint density at radius 1 is 1.40 bits per heavy atom. The van der Waals surface area contributed by atoms with Gasteiger partial charge in [0.1, 0.15) is 6.23 Å². The van der Waals surface area contributed by atoms with E-state index in [0.717, 1.165) is 9.99 Å². The maximum Gasteiger partial charge on any atom is 0.109 e. The molecule has 0 bridgehead atoms. The zero-order chi connectivity index (χ0) is 10.4. The van der Waals surface area contributed by atoms with Gasteiger partial charge in [-0.2, -0.15) is 0 Å². The maximum atomic E-state index is 9.57. The van der Waals surface area contributed by atoms with Crippen molar-refractivity contribution in [3.63, 3.8) is 0 Å². The van der Waals surface area contributed by atoms with E-state index in [4.69, 9.17) is 0 Å². The van der Waals surface area contributed by atoms with E-state index in [9.17, 15) is 5.11 Å². The first-order valence-corrected chi connectivity index (χ1v) is 5.74. The minimum atomic E-state index is -0.421. The number of benzene rings is 1. The van der Waals surface area contributed by atoms with Crippen LogP contribution in [0.3, 0.4) is 0 Å². The first-order valence-electron chi connectivity index (χ1n) is 4.94. The number of aromatic nitrogens is 1. The molecule has 3 rings (SSSR count). The van der Waals surface area contributed by atoms with E-state index < -0.39 is 6.23 Å². The molecule has 0 radical (unpaired) electrons. The summed E-state index contributed by atoms with van der Waals surface area (Å²) in [6, 6.07) is 6.18. The average Bonchev–Trinajstić information content (AvgIpc) is 2.56. The average molecular weight is 267 g/mol. The van der Waals surface area contributed by atoms with Gasteiger partial charge in [0.25, 0.3) is 0 Å². The molecule has 0 amide bonds. The third-order valence-corrected chi connectivity index (χ3v) is 3.36. The minimum absolute atomic E-state index is 0.421. The molecular formula is C11H11BrN2O. The van der Waals surface area contributed by atoms with Crippen LogP contribution in [-0.4, -0.2) is 16.3 Å². The van der Waals surface area contributed by atoms with Gasteiger partial charge >= 0.3 is 0 Å². The normalized spacial score (nSPS) is 20.5. The van der Waals surface area contributed by atoms with E-state index in [2.05, 4.69) is 38.4 Å². The van der Waals surface area contributed by atoms with E-state index >= 15 is 0 Å². The van der Waals surface area contributed by atoms with Crippen LogP contribution in [0.15, 0.2) is 22.7 Å². The van der Waals surface area contributed by atoms with Crippen molar-refractivity contribution in [1.82, 2.24) is 10.3 Å². The Morgan fingerprint density at radius 3 is 3.13 bits per heavy atom. The zero-order valence-electron chi connectivity index (χ0n) is 8.05. The van der Waals surface area contributed by atoms with Gasteiger partial charge in [-0.15, -0.1) is 0 Å². The van der Waals surface area contributed by atoms with E-state index in [1.54, 1.807) is 0 Å². The highest BCUT2D eigenvalue weighted by molar-refractivity contribution is 9.10. The molecule has 1 atom stereocenters. The van der Waals surface area contributed by atoms with Crippen LogP contribution >= 0.6 is 15.9 Å². The molecule has 3 nitrogen and oxygen atoms in total. The number of H-pyrrole nitrogens is 1. The smallest absolute Gasteiger partial charge is 0.109 e. The summed E-state index contributed by atoms with van der Waals surface area (Å²) in [6.07, 6.45) is 0.252. The number of hydrogen-bond donors (Lipinski definition) is 3. The maximum absolute atomic E-state index is 9.57. The number of nitrogens with one attached hydrogen (secondary N) is 2. The first-order chi connectivity index (χ1) is 7.24. The van der Waals surface area contributed by atoms with Gasteiger partial charge in [-0.3, -0.25) is 5.32 Å².